The van der Waals surface area contributed by atoms with Gasteiger partial charge in [-0.25, -0.2) is 4.99 Å². The van der Waals surface area contributed by atoms with Crippen molar-refractivity contribution in [2.75, 3.05) is 7.11 Å². The summed E-state index contributed by atoms with van der Waals surface area (Å²) in [6.07, 6.45) is 1.77. The lowest BCUT2D eigenvalue weighted by Gasteiger charge is -2.03. The largest absolute Gasteiger partial charge is 0.496 e. The number of ether oxygens (including phenoxy) is 1. The minimum Gasteiger partial charge on any atom is -0.496 e. The van der Waals surface area contributed by atoms with Crippen LogP contribution in [0.25, 0.3) is 6.08 Å². The number of carbonyl (C=O) groups excluding carboxylic acids is 1. The standard InChI is InChI=1S/C17H12Cl2N2O2S/c1-23-14-5-3-2-4-10(14)8-15-16(22)21-17(24-15)20-11-6-7-12(18)13(19)9-11/h2-9H,1H3,(H,20,21,22)/b15-8-. The van der Waals surface area contributed by atoms with Gasteiger partial charge < -0.3 is 10.1 Å². The van der Waals surface area contributed by atoms with Gasteiger partial charge in [-0.3, -0.25) is 4.79 Å². The van der Waals surface area contributed by atoms with Gasteiger partial charge >= 0.3 is 0 Å². The molecule has 0 saturated carbocycles. The number of amidine groups is 1. The number of hydrogen-bond donors (Lipinski definition) is 1. The molecular weight excluding hydrogens is 367 g/mol. The van der Waals surface area contributed by atoms with Crippen LogP contribution in [-0.4, -0.2) is 18.2 Å². The van der Waals surface area contributed by atoms with E-state index in [-0.39, 0.29) is 5.91 Å². The number of aliphatic imine (C=N–C) groups is 1. The third kappa shape index (κ3) is 3.75. The summed E-state index contributed by atoms with van der Waals surface area (Å²) >= 11 is 13.1. The highest BCUT2D eigenvalue weighted by Crippen LogP contribution is 2.32. The fraction of sp³-hybridized carbons (Fsp3) is 0.0588. The predicted molar refractivity (Wildman–Crippen MR) is 100 cm³/mol. The maximum Gasteiger partial charge on any atom is 0.264 e. The summed E-state index contributed by atoms with van der Waals surface area (Å²) in [6.45, 7) is 0. The van der Waals surface area contributed by atoms with E-state index < -0.39 is 0 Å². The number of carbonyl (C=O) groups is 1. The SMILES string of the molecule is COc1ccccc1/C=C1\SC(=Nc2ccc(Cl)c(Cl)c2)NC1=O. The topological polar surface area (TPSA) is 50.7 Å². The van der Waals surface area contributed by atoms with E-state index in [0.29, 0.717) is 31.6 Å². The van der Waals surface area contributed by atoms with Gasteiger partial charge in [0.05, 0.1) is 27.7 Å². The summed E-state index contributed by atoms with van der Waals surface area (Å²) in [5, 5.41) is 4.09. The Morgan fingerprint density at radius 1 is 1.17 bits per heavy atom. The van der Waals surface area contributed by atoms with Crippen LogP contribution in [0.5, 0.6) is 5.75 Å². The molecule has 2 aromatic carbocycles. The molecule has 0 aliphatic carbocycles. The monoisotopic (exact) mass is 378 g/mol. The van der Waals surface area contributed by atoms with Crippen LogP contribution < -0.4 is 10.1 Å². The lowest BCUT2D eigenvalue weighted by atomic mass is 10.2. The third-order valence-electron chi connectivity index (χ3n) is 3.21. The van der Waals surface area contributed by atoms with Crippen LogP contribution in [0.1, 0.15) is 5.56 Å². The molecule has 0 spiro atoms. The first-order valence-corrected chi connectivity index (χ1v) is 8.52. The van der Waals surface area contributed by atoms with Gasteiger partial charge in [0, 0.05) is 5.56 Å². The second kappa shape index (κ2) is 7.30. The summed E-state index contributed by atoms with van der Waals surface area (Å²) in [4.78, 5) is 17.0. The summed E-state index contributed by atoms with van der Waals surface area (Å²) in [7, 11) is 1.59. The average molecular weight is 379 g/mol. The van der Waals surface area contributed by atoms with Crippen LogP contribution in [0, 0.1) is 0 Å². The molecule has 1 aliphatic heterocycles. The predicted octanol–water partition coefficient (Wildman–Crippen LogP) is 4.89. The summed E-state index contributed by atoms with van der Waals surface area (Å²) in [5.74, 6) is 0.498. The van der Waals surface area contributed by atoms with Crippen LogP contribution in [0.15, 0.2) is 52.4 Å². The van der Waals surface area contributed by atoms with Gasteiger partial charge in [0.2, 0.25) is 0 Å². The van der Waals surface area contributed by atoms with E-state index in [1.54, 1.807) is 31.4 Å². The second-order valence-electron chi connectivity index (χ2n) is 4.82. The molecule has 1 heterocycles. The van der Waals surface area contributed by atoms with Crippen LogP contribution in [0.3, 0.4) is 0 Å². The highest BCUT2D eigenvalue weighted by Gasteiger charge is 2.24. The molecule has 1 aliphatic rings. The molecule has 1 saturated heterocycles. The molecule has 7 heteroatoms. The number of benzene rings is 2. The Balaban J connectivity index is 1.86. The van der Waals surface area contributed by atoms with E-state index in [1.807, 2.05) is 24.3 Å². The van der Waals surface area contributed by atoms with Crippen molar-refractivity contribution in [1.29, 1.82) is 0 Å². The van der Waals surface area contributed by atoms with Gasteiger partial charge in [0.15, 0.2) is 5.17 Å². The average Bonchev–Trinajstić information content (AvgIpc) is 2.91. The number of rotatable bonds is 3. The zero-order valence-electron chi connectivity index (χ0n) is 12.5. The Morgan fingerprint density at radius 3 is 2.71 bits per heavy atom. The number of thioether (sulfide) groups is 1. The van der Waals surface area contributed by atoms with Crippen molar-refractivity contribution in [2.45, 2.75) is 0 Å². The van der Waals surface area contributed by atoms with Crippen molar-refractivity contribution >= 4 is 57.8 Å². The minimum absolute atomic E-state index is 0.204. The molecule has 0 radical (unpaired) electrons. The number of methoxy groups -OCH3 is 1. The Labute approximate surface area is 153 Å². The highest BCUT2D eigenvalue weighted by molar-refractivity contribution is 8.18. The van der Waals surface area contributed by atoms with Crippen molar-refractivity contribution in [1.82, 2.24) is 5.32 Å². The first-order valence-electron chi connectivity index (χ1n) is 6.94. The van der Waals surface area contributed by atoms with E-state index in [9.17, 15) is 4.79 Å². The molecule has 1 fully saturated rings. The molecule has 0 unspecified atom stereocenters. The van der Waals surface area contributed by atoms with Crippen molar-refractivity contribution in [3.63, 3.8) is 0 Å². The zero-order chi connectivity index (χ0) is 17.1. The maximum absolute atomic E-state index is 12.1. The first kappa shape index (κ1) is 16.9. The molecule has 1 N–H and O–H groups in total. The maximum atomic E-state index is 12.1. The fourth-order valence-electron chi connectivity index (χ4n) is 2.08. The normalized spacial score (nSPS) is 17.4. The Bertz CT molecular complexity index is 865. The van der Waals surface area contributed by atoms with Crippen LogP contribution in [-0.2, 0) is 4.79 Å². The Kier molecular flexibility index (Phi) is 5.14. The van der Waals surface area contributed by atoms with Crippen molar-refractivity contribution < 1.29 is 9.53 Å². The highest BCUT2D eigenvalue weighted by atomic mass is 35.5. The van der Waals surface area contributed by atoms with Gasteiger partial charge in [-0.05, 0) is 42.1 Å². The summed E-state index contributed by atoms with van der Waals surface area (Å²) in [6, 6.07) is 12.5. The molecule has 3 rings (SSSR count). The van der Waals surface area contributed by atoms with E-state index in [1.165, 1.54) is 11.8 Å². The lowest BCUT2D eigenvalue weighted by Crippen LogP contribution is -2.19. The molecule has 0 atom stereocenters. The molecule has 2 aromatic rings. The first-order chi connectivity index (χ1) is 11.6. The molecular formula is C17H12Cl2N2O2S. The zero-order valence-corrected chi connectivity index (χ0v) is 14.9. The van der Waals surface area contributed by atoms with Gasteiger partial charge in [0.1, 0.15) is 5.75 Å². The van der Waals surface area contributed by atoms with Crippen molar-refractivity contribution in [3.05, 3.63) is 63.0 Å². The summed E-state index contributed by atoms with van der Waals surface area (Å²) in [5.41, 5.74) is 1.44. The third-order valence-corrected chi connectivity index (χ3v) is 4.86. The van der Waals surface area contributed by atoms with Gasteiger partial charge in [-0.1, -0.05) is 41.4 Å². The number of nitrogens with one attached hydrogen (secondary N) is 1. The number of nitrogens with zero attached hydrogens (tertiary/aromatic N) is 1. The van der Waals surface area contributed by atoms with E-state index in [2.05, 4.69) is 10.3 Å². The molecule has 24 heavy (non-hydrogen) atoms. The van der Waals surface area contributed by atoms with Crippen molar-refractivity contribution in [2.24, 2.45) is 4.99 Å². The molecule has 122 valence electrons. The molecule has 1 amide bonds. The summed E-state index contributed by atoms with van der Waals surface area (Å²) < 4.78 is 5.29. The number of hydrogen-bond acceptors (Lipinski definition) is 4. The van der Waals surface area contributed by atoms with Gasteiger partial charge in [-0.15, -0.1) is 0 Å². The lowest BCUT2D eigenvalue weighted by molar-refractivity contribution is -0.115. The quantitative estimate of drug-likeness (QED) is 0.773. The van der Waals surface area contributed by atoms with E-state index in [4.69, 9.17) is 27.9 Å². The Hall–Kier alpha value is -1.95. The van der Waals surface area contributed by atoms with E-state index >= 15 is 0 Å². The second-order valence-corrected chi connectivity index (χ2v) is 6.67. The molecule has 0 aromatic heterocycles. The van der Waals surface area contributed by atoms with E-state index in [0.717, 1.165) is 5.56 Å². The number of para-hydroxylation sites is 1. The van der Waals surface area contributed by atoms with Crippen molar-refractivity contribution in [3.8, 4) is 5.75 Å². The molecule has 4 nitrogen and oxygen atoms in total. The van der Waals surface area contributed by atoms with Gasteiger partial charge in [0.25, 0.3) is 5.91 Å². The minimum atomic E-state index is -0.204. The Morgan fingerprint density at radius 2 is 1.96 bits per heavy atom. The van der Waals surface area contributed by atoms with Crippen LogP contribution >= 0.6 is 35.0 Å². The number of halogens is 2. The fourth-order valence-corrected chi connectivity index (χ4v) is 3.20. The van der Waals surface area contributed by atoms with Crippen LogP contribution in [0.2, 0.25) is 10.0 Å². The number of amides is 1. The van der Waals surface area contributed by atoms with Gasteiger partial charge in [-0.2, -0.15) is 0 Å². The molecule has 0 bridgehead atoms. The smallest absolute Gasteiger partial charge is 0.264 e. The van der Waals surface area contributed by atoms with Crippen LogP contribution in [0.4, 0.5) is 5.69 Å².